The van der Waals surface area contributed by atoms with Crippen LogP contribution in [0.5, 0.6) is 0 Å². The third-order valence-electron chi connectivity index (χ3n) is 6.41. The first kappa shape index (κ1) is 26.2. The number of anilines is 2. The zero-order chi connectivity index (χ0) is 26.2. The Hall–Kier alpha value is -2.92. The van der Waals surface area contributed by atoms with Crippen LogP contribution in [0, 0.1) is 24.6 Å². The second-order valence-corrected chi connectivity index (χ2v) is 9.51. The van der Waals surface area contributed by atoms with Gasteiger partial charge in [-0.05, 0) is 43.7 Å². The first-order valence-electron chi connectivity index (χ1n) is 11.3. The molecule has 2 aromatic rings. The molecule has 2 fully saturated rings. The molecular formula is C24H25ClF4N4O3. The van der Waals surface area contributed by atoms with Gasteiger partial charge in [-0.25, -0.2) is 9.37 Å². The summed E-state index contributed by atoms with van der Waals surface area (Å²) in [5.41, 5.74) is -0.465. The highest BCUT2D eigenvalue weighted by atomic mass is 35.5. The molecule has 2 aliphatic heterocycles. The molecule has 0 unspecified atom stereocenters. The lowest BCUT2D eigenvalue weighted by Gasteiger charge is -2.29. The fourth-order valence-corrected chi connectivity index (χ4v) is 4.49. The van der Waals surface area contributed by atoms with Crippen LogP contribution in [-0.2, 0) is 20.5 Å². The number of benzene rings is 1. The van der Waals surface area contributed by atoms with Gasteiger partial charge >= 0.3 is 6.18 Å². The van der Waals surface area contributed by atoms with E-state index in [1.54, 1.807) is 0 Å². The van der Waals surface area contributed by atoms with Gasteiger partial charge in [0.05, 0.1) is 29.7 Å². The highest BCUT2D eigenvalue weighted by Gasteiger charge is 2.43. The van der Waals surface area contributed by atoms with Crippen LogP contribution in [0.3, 0.4) is 0 Å². The number of carbonyl (C=O) groups is 2. The second-order valence-electron chi connectivity index (χ2n) is 9.10. The molecule has 12 heteroatoms. The third kappa shape index (κ3) is 5.57. The summed E-state index contributed by atoms with van der Waals surface area (Å²) in [5.74, 6) is -1.92. The van der Waals surface area contributed by atoms with E-state index in [2.05, 4.69) is 10.3 Å². The topological polar surface area (TPSA) is 74.8 Å². The Morgan fingerprint density at radius 2 is 1.97 bits per heavy atom. The van der Waals surface area contributed by atoms with Gasteiger partial charge in [-0.15, -0.1) is 0 Å². The second kappa shape index (κ2) is 10.2. The largest absolute Gasteiger partial charge is 0.416 e. The summed E-state index contributed by atoms with van der Waals surface area (Å²) in [4.78, 5) is 33.3. The molecule has 2 atom stereocenters. The molecule has 2 saturated heterocycles. The van der Waals surface area contributed by atoms with Crippen molar-refractivity contribution in [3.63, 3.8) is 0 Å². The van der Waals surface area contributed by atoms with Crippen LogP contribution < -0.4 is 15.1 Å². The molecular weight excluding hydrogens is 504 g/mol. The monoisotopic (exact) mass is 528 g/mol. The van der Waals surface area contributed by atoms with Crippen molar-refractivity contribution >= 4 is 34.9 Å². The van der Waals surface area contributed by atoms with Gasteiger partial charge in [-0.1, -0.05) is 11.6 Å². The Morgan fingerprint density at radius 3 is 2.58 bits per heavy atom. The van der Waals surface area contributed by atoms with Crippen molar-refractivity contribution in [1.29, 1.82) is 0 Å². The average Bonchev–Trinajstić information content (AvgIpc) is 3.23. The summed E-state index contributed by atoms with van der Waals surface area (Å²) in [5, 5.41) is 2.67. The highest BCUT2D eigenvalue weighted by Crippen LogP contribution is 2.36. The first-order valence-corrected chi connectivity index (χ1v) is 11.7. The number of likely N-dealkylation sites (N-methyl/N-ethyl adjacent to an activating group) is 1. The van der Waals surface area contributed by atoms with Crippen molar-refractivity contribution < 1.29 is 31.9 Å². The molecule has 0 aliphatic carbocycles. The molecule has 7 nitrogen and oxygen atoms in total. The molecule has 0 saturated carbocycles. The van der Waals surface area contributed by atoms with Gasteiger partial charge in [-0.2, -0.15) is 13.2 Å². The number of aromatic nitrogens is 1. The van der Waals surface area contributed by atoms with E-state index in [1.165, 1.54) is 35.9 Å². The molecule has 0 spiro atoms. The van der Waals surface area contributed by atoms with Crippen molar-refractivity contribution in [2.75, 3.05) is 43.2 Å². The molecule has 1 aromatic carbocycles. The normalized spacial score (nSPS) is 20.2. The van der Waals surface area contributed by atoms with E-state index in [0.717, 1.165) is 18.2 Å². The average molecular weight is 529 g/mol. The Labute approximate surface area is 210 Å². The lowest BCUT2D eigenvalue weighted by atomic mass is 10.0. The Bertz CT molecular complexity index is 1160. The van der Waals surface area contributed by atoms with Crippen molar-refractivity contribution in [2.45, 2.75) is 25.6 Å². The van der Waals surface area contributed by atoms with Crippen LogP contribution in [-0.4, -0.2) is 56.2 Å². The maximum Gasteiger partial charge on any atom is 0.416 e. The molecule has 1 aromatic heterocycles. The zero-order valence-corrected chi connectivity index (χ0v) is 20.4. The minimum atomic E-state index is -4.61. The lowest BCUT2D eigenvalue weighted by molar-refractivity contribution is -0.137. The van der Waals surface area contributed by atoms with Crippen molar-refractivity contribution in [1.82, 2.24) is 10.3 Å². The van der Waals surface area contributed by atoms with Crippen LogP contribution >= 0.6 is 11.6 Å². The minimum absolute atomic E-state index is 0.00910. The predicted octanol–water partition coefficient (Wildman–Crippen LogP) is 3.82. The maximum atomic E-state index is 13.6. The molecule has 4 rings (SSSR count). The molecule has 2 amide bonds. The van der Waals surface area contributed by atoms with E-state index in [0.29, 0.717) is 25.4 Å². The number of hydrogen-bond acceptors (Lipinski definition) is 5. The Kier molecular flexibility index (Phi) is 7.42. The van der Waals surface area contributed by atoms with Gasteiger partial charge in [0, 0.05) is 37.4 Å². The van der Waals surface area contributed by atoms with E-state index in [-0.39, 0.29) is 41.3 Å². The summed E-state index contributed by atoms with van der Waals surface area (Å²) in [6.45, 7) is 2.97. The van der Waals surface area contributed by atoms with Crippen LogP contribution in [0.1, 0.15) is 17.7 Å². The molecule has 3 heterocycles. The van der Waals surface area contributed by atoms with Crippen LogP contribution in [0.4, 0.5) is 29.1 Å². The number of amides is 2. The molecule has 194 valence electrons. The smallest absolute Gasteiger partial charge is 0.381 e. The number of alkyl halides is 3. The van der Waals surface area contributed by atoms with Crippen LogP contribution in [0.25, 0.3) is 0 Å². The van der Waals surface area contributed by atoms with Gasteiger partial charge in [0.25, 0.3) is 0 Å². The van der Waals surface area contributed by atoms with E-state index < -0.39 is 35.4 Å². The van der Waals surface area contributed by atoms with Gasteiger partial charge in [0.2, 0.25) is 11.8 Å². The number of ether oxygens (including phenoxy) is 1. The number of pyridine rings is 1. The number of carbonyl (C=O) groups excluding carboxylic acids is 2. The van der Waals surface area contributed by atoms with Crippen LogP contribution in [0.2, 0.25) is 5.02 Å². The third-order valence-corrected chi connectivity index (χ3v) is 6.70. The Morgan fingerprint density at radius 1 is 1.25 bits per heavy atom. The lowest BCUT2D eigenvalue weighted by Crippen LogP contribution is -2.44. The van der Waals surface area contributed by atoms with Gasteiger partial charge < -0.3 is 19.9 Å². The summed E-state index contributed by atoms with van der Waals surface area (Å²) >= 11 is 5.86. The summed E-state index contributed by atoms with van der Waals surface area (Å²) in [6.07, 6.45) is -4.53. The molecule has 0 bridgehead atoms. The molecule has 2 aliphatic rings. The summed E-state index contributed by atoms with van der Waals surface area (Å²) in [6, 6.07) is 4.60. The van der Waals surface area contributed by atoms with Gasteiger partial charge in [0.15, 0.2) is 0 Å². The number of hydrogen-bond donors (Lipinski definition) is 1. The van der Waals surface area contributed by atoms with Gasteiger partial charge in [0.1, 0.15) is 17.7 Å². The molecule has 0 radical (unpaired) electrons. The summed E-state index contributed by atoms with van der Waals surface area (Å²) in [7, 11) is 1.46. The zero-order valence-electron chi connectivity index (χ0n) is 19.6. The Balaban J connectivity index is 1.63. The van der Waals surface area contributed by atoms with E-state index in [9.17, 15) is 27.2 Å². The highest BCUT2D eigenvalue weighted by molar-refractivity contribution is 6.31. The number of nitrogens with one attached hydrogen (secondary N) is 1. The van der Waals surface area contributed by atoms with E-state index in [1.807, 2.05) is 0 Å². The molecule has 1 N–H and O–H groups in total. The fraction of sp³-hybridized carbons (Fsp3) is 0.458. The van der Waals surface area contributed by atoms with Crippen molar-refractivity contribution in [2.24, 2.45) is 11.8 Å². The molecule has 36 heavy (non-hydrogen) atoms. The maximum absolute atomic E-state index is 13.6. The number of nitrogens with zero attached hydrogens (tertiary/aromatic N) is 3. The first-order chi connectivity index (χ1) is 16.9. The number of aryl methyl sites for hydroxylation is 1. The van der Waals surface area contributed by atoms with Gasteiger partial charge in [-0.3, -0.25) is 9.59 Å². The SMILES string of the molecule is Cc1cc(C(F)(F)F)cc(N2C[C@@H](C(=O)NCC3COC3)C[C@H]2C(=O)N(C)c2ccc(F)c(Cl)c2)n1. The minimum Gasteiger partial charge on any atom is -0.381 e. The summed E-state index contributed by atoms with van der Waals surface area (Å²) < 4.78 is 59.2. The number of rotatable bonds is 6. The standard InChI is InChI=1S/C24H25ClF4N4O3/c1-13-5-16(24(27,28)29)7-21(31-13)33-10-15(22(34)30-9-14-11-36-12-14)6-20(33)23(35)32(2)17-3-4-19(26)18(25)8-17/h3-5,7-8,14-15,20H,6,9-12H2,1-2H3,(H,30,34)/t15-,20-/m0/s1. The van der Waals surface area contributed by atoms with Crippen molar-refractivity contribution in [3.8, 4) is 0 Å². The predicted molar refractivity (Wildman–Crippen MR) is 125 cm³/mol. The number of halogens is 5. The van der Waals surface area contributed by atoms with Crippen LogP contribution in [0.15, 0.2) is 30.3 Å². The van der Waals surface area contributed by atoms with E-state index >= 15 is 0 Å². The van der Waals surface area contributed by atoms with E-state index in [4.69, 9.17) is 16.3 Å². The van der Waals surface area contributed by atoms with Crippen molar-refractivity contribution in [3.05, 3.63) is 52.4 Å². The fourth-order valence-electron chi connectivity index (χ4n) is 4.31. The quantitative estimate of drug-likeness (QED) is 0.577.